The van der Waals surface area contributed by atoms with E-state index in [0.29, 0.717) is 31.4 Å². The summed E-state index contributed by atoms with van der Waals surface area (Å²) in [4.78, 5) is 40.7. The van der Waals surface area contributed by atoms with Crippen LogP contribution in [0.25, 0.3) is 0 Å². The molecule has 0 saturated heterocycles. The average molecular weight is 716 g/mol. The van der Waals surface area contributed by atoms with Crippen molar-refractivity contribution < 1.29 is 29.0 Å². The zero-order valence-electron chi connectivity index (χ0n) is 29.6. The molecule has 1 heterocycles. The molecule has 4 aromatic rings. The lowest BCUT2D eigenvalue weighted by molar-refractivity contribution is -0.146. The van der Waals surface area contributed by atoms with Crippen molar-refractivity contribution in [3.8, 4) is 0 Å². The molecule has 0 fully saturated rings. The monoisotopic (exact) mass is 715 g/mol. The summed E-state index contributed by atoms with van der Waals surface area (Å²) in [7, 11) is 4.12. The number of nitrogens with one attached hydrogen (secondary N) is 1. The second-order valence-corrected chi connectivity index (χ2v) is 12.4. The number of carbonyl (C=O) groups excluding carboxylic acids is 2. The maximum atomic E-state index is 13.3. The summed E-state index contributed by atoms with van der Waals surface area (Å²) in [5.74, 6) is -1.84. The van der Waals surface area contributed by atoms with Gasteiger partial charge in [-0.15, -0.1) is 12.4 Å². The van der Waals surface area contributed by atoms with Crippen LogP contribution in [0.5, 0.6) is 0 Å². The number of hydrogen-bond acceptors (Lipinski definition) is 7. The number of carboxylic acids is 1. The van der Waals surface area contributed by atoms with E-state index in [-0.39, 0.29) is 31.0 Å². The van der Waals surface area contributed by atoms with Crippen LogP contribution >= 0.6 is 12.4 Å². The number of aryl methyl sites for hydroxylation is 2. The van der Waals surface area contributed by atoms with Gasteiger partial charge in [0.05, 0.1) is 19.3 Å². The SMILES string of the molecule is CCOC(=O)[C@H](CCc1ccccc1)N[C@H]1CCc2ccccc2N(CC(=O)O)C1=O.CN(C)CCOC(c1ccccc1)c1ccccc1.Cl. The van der Waals surface area contributed by atoms with Gasteiger partial charge in [-0.2, -0.15) is 0 Å². The fraction of sp³-hybridized carbons (Fsp3) is 0.341. The normalized spacial score (nSPS) is 14.4. The summed E-state index contributed by atoms with van der Waals surface area (Å²) < 4.78 is 11.3. The van der Waals surface area contributed by atoms with Gasteiger partial charge in [-0.25, -0.2) is 0 Å². The van der Waals surface area contributed by atoms with Crippen molar-refractivity contribution in [2.24, 2.45) is 0 Å². The van der Waals surface area contributed by atoms with E-state index in [9.17, 15) is 19.5 Å². The van der Waals surface area contributed by atoms with Crippen molar-refractivity contribution in [3.05, 3.63) is 138 Å². The van der Waals surface area contributed by atoms with Crippen LogP contribution in [-0.4, -0.2) is 80.3 Å². The van der Waals surface area contributed by atoms with Crippen molar-refractivity contribution in [2.45, 2.75) is 50.8 Å². The molecular formula is C41H50ClN3O6. The third-order valence-electron chi connectivity index (χ3n) is 8.41. The molecule has 5 rings (SSSR count). The third-order valence-corrected chi connectivity index (χ3v) is 8.41. The van der Waals surface area contributed by atoms with E-state index in [1.165, 1.54) is 16.0 Å². The number of fused-ring (bicyclic) bond motifs is 1. The first-order chi connectivity index (χ1) is 24.3. The van der Waals surface area contributed by atoms with Crippen LogP contribution in [0.3, 0.4) is 0 Å². The molecule has 9 nitrogen and oxygen atoms in total. The molecule has 0 saturated carbocycles. The molecule has 10 heteroatoms. The van der Waals surface area contributed by atoms with Crippen LogP contribution in [0, 0.1) is 0 Å². The largest absolute Gasteiger partial charge is 0.480 e. The molecule has 1 aliphatic heterocycles. The van der Waals surface area contributed by atoms with Gasteiger partial charge in [-0.3, -0.25) is 24.6 Å². The highest BCUT2D eigenvalue weighted by molar-refractivity contribution is 6.02. The number of aliphatic carboxylic acids is 1. The van der Waals surface area contributed by atoms with Gasteiger partial charge in [0, 0.05) is 12.2 Å². The number of anilines is 1. The minimum absolute atomic E-state index is 0. The smallest absolute Gasteiger partial charge is 0.323 e. The lowest BCUT2D eigenvalue weighted by Gasteiger charge is -2.27. The Morgan fingerprint density at radius 2 is 1.45 bits per heavy atom. The molecule has 0 spiro atoms. The number of para-hydroxylation sites is 1. The Hall–Kier alpha value is -4.54. The minimum Gasteiger partial charge on any atom is -0.480 e. The predicted molar refractivity (Wildman–Crippen MR) is 203 cm³/mol. The predicted octanol–water partition coefficient (Wildman–Crippen LogP) is 6.35. The molecule has 0 radical (unpaired) electrons. The molecule has 0 aromatic heterocycles. The molecular weight excluding hydrogens is 666 g/mol. The summed E-state index contributed by atoms with van der Waals surface area (Å²) >= 11 is 0. The highest BCUT2D eigenvalue weighted by Gasteiger charge is 2.34. The number of esters is 1. The number of amides is 1. The summed E-state index contributed by atoms with van der Waals surface area (Å²) in [6, 6.07) is 36.5. The highest BCUT2D eigenvalue weighted by Crippen LogP contribution is 2.28. The summed E-state index contributed by atoms with van der Waals surface area (Å²) in [5.41, 5.74) is 5.01. The first kappa shape index (κ1) is 40.9. The van der Waals surface area contributed by atoms with Gasteiger partial charge >= 0.3 is 11.9 Å². The Labute approximate surface area is 308 Å². The number of benzene rings is 4. The van der Waals surface area contributed by atoms with Crippen molar-refractivity contribution in [1.29, 1.82) is 0 Å². The van der Waals surface area contributed by atoms with E-state index in [0.717, 1.165) is 24.3 Å². The van der Waals surface area contributed by atoms with Crippen molar-refractivity contribution >= 4 is 35.9 Å². The lowest BCUT2D eigenvalue weighted by atomic mass is 10.0. The topological polar surface area (TPSA) is 108 Å². The molecule has 2 atom stereocenters. The van der Waals surface area contributed by atoms with Crippen LogP contribution in [0.4, 0.5) is 5.69 Å². The van der Waals surface area contributed by atoms with E-state index in [2.05, 4.69) is 72.8 Å². The number of hydrogen-bond donors (Lipinski definition) is 2. The molecule has 2 N–H and O–H groups in total. The molecule has 0 bridgehead atoms. The van der Waals surface area contributed by atoms with Gasteiger partial charge in [0.1, 0.15) is 18.7 Å². The lowest BCUT2D eigenvalue weighted by Crippen LogP contribution is -2.53. The summed E-state index contributed by atoms with van der Waals surface area (Å²) in [6.45, 7) is 3.21. The number of carboxylic acid groups (broad SMARTS) is 1. The van der Waals surface area contributed by atoms with E-state index in [1.807, 2.05) is 54.6 Å². The molecule has 0 unspecified atom stereocenters. The van der Waals surface area contributed by atoms with Gasteiger partial charge in [0.15, 0.2) is 0 Å². The number of nitrogens with zero attached hydrogens (tertiary/aromatic N) is 2. The Bertz CT molecular complexity index is 1590. The third kappa shape index (κ3) is 12.9. The van der Waals surface area contributed by atoms with Crippen LogP contribution in [0.1, 0.15) is 48.1 Å². The van der Waals surface area contributed by atoms with Crippen LogP contribution in [0.15, 0.2) is 115 Å². The van der Waals surface area contributed by atoms with Crippen LogP contribution in [0.2, 0.25) is 0 Å². The number of likely N-dealkylation sites (N-methyl/N-ethyl adjacent to an activating group) is 1. The fourth-order valence-corrected chi connectivity index (χ4v) is 5.87. The van der Waals surface area contributed by atoms with Gasteiger partial charge in [-0.05, 0) is 75.0 Å². The first-order valence-corrected chi connectivity index (χ1v) is 17.2. The van der Waals surface area contributed by atoms with Crippen LogP contribution < -0.4 is 10.2 Å². The second kappa shape index (κ2) is 21.6. The van der Waals surface area contributed by atoms with Crippen molar-refractivity contribution in [2.75, 3.05) is 45.3 Å². The number of rotatable bonds is 15. The standard InChI is InChI=1S/C24H28N2O5.C17H21NO.ClH/c1-2-31-24(30)20(14-12-17-8-4-3-5-9-17)25-19-15-13-18-10-6-7-11-21(18)26(23(19)29)16-22(27)28;1-18(2)13-14-19-17(15-9-5-3-6-10-15)16-11-7-4-8-12-16;/h3-11,19-20,25H,2,12-16H2,1H3,(H,27,28);3-12,17H,13-14H2,1-2H3;1H/t19-,20-;;/m0../s1. The van der Waals surface area contributed by atoms with E-state index in [4.69, 9.17) is 9.47 Å². The Balaban J connectivity index is 0.000000301. The van der Waals surface area contributed by atoms with Gasteiger partial charge in [-0.1, -0.05) is 109 Å². The van der Waals surface area contributed by atoms with Gasteiger partial charge < -0.3 is 19.5 Å². The Morgan fingerprint density at radius 3 is 2.02 bits per heavy atom. The Kier molecular flexibility index (Phi) is 17.3. The van der Waals surface area contributed by atoms with Crippen LogP contribution in [-0.2, 0) is 36.7 Å². The molecule has 51 heavy (non-hydrogen) atoms. The quantitative estimate of drug-likeness (QED) is 0.137. The maximum absolute atomic E-state index is 13.3. The highest BCUT2D eigenvalue weighted by atomic mass is 35.5. The van der Waals surface area contributed by atoms with E-state index >= 15 is 0 Å². The number of carbonyl (C=O) groups is 3. The summed E-state index contributed by atoms with van der Waals surface area (Å²) in [6.07, 6.45) is 2.20. The zero-order chi connectivity index (χ0) is 35.7. The van der Waals surface area contributed by atoms with Crippen molar-refractivity contribution in [3.63, 3.8) is 0 Å². The maximum Gasteiger partial charge on any atom is 0.323 e. The Morgan fingerprint density at radius 1 is 0.882 bits per heavy atom. The molecule has 4 aromatic carbocycles. The molecule has 272 valence electrons. The summed E-state index contributed by atoms with van der Waals surface area (Å²) in [5, 5.41) is 12.5. The van der Waals surface area contributed by atoms with Crippen molar-refractivity contribution in [1.82, 2.24) is 10.2 Å². The minimum atomic E-state index is -1.09. The average Bonchev–Trinajstić information content (AvgIpc) is 3.25. The number of halogens is 1. The van der Waals surface area contributed by atoms with Gasteiger partial charge in [0.25, 0.3) is 0 Å². The first-order valence-electron chi connectivity index (χ1n) is 17.2. The zero-order valence-corrected chi connectivity index (χ0v) is 30.5. The number of ether oxygens (including phenoxy) is 2. The molecule has 0 aliphatic carbocycles. The van der Waals surface area contributed by atoms with E-state index in [1.54, 1.807) is 19.1 Å². The molecule has 1 amide bonds. The molecule has 1 aliphatic rings. The second-order valence-electron chi connectivity index (χ2n) is 12.4. The fourth-order valence-electron chi connectivity index (χ4n) is 5.87. The van der Waals surface area contributed by atoms with Gasteiger partial charge in [0.2, 0.25) is 5.91 Å². The van der Waals surface area contributed by atoms with E-state index < -0.39 is 30.6 Å².